The molecule has 0 saturated heterocycles. The van der Waals surface area contributed by atoms with Crippen LogP contribution in [0.5, 0.6) is 11.5 Å². The fourth-order valence-electron chi connectivity index (χ4n) is 3.84. The predicted molar refractivity (Wildman–Crippen MR) is 139 cm³/mol. The van der Waals surface area contributed by atoms with Crippen molar-refractivity contribution in [2.24, 2.45) is 0 Å². The Hall–Kier alpha value is -1.57. The van der Waals surface area contributed by atoms with Gasteiger partial charge in [0.05, 0.1) is 0 Å². The van der Waals surface area contributed by atoms with E-state index in [1.54, 1.807) is 0 Å². The smallest absolute Gasteiger partial charge is 0.278 e. The van der Waals surface area contributed by atoms with Crippen LogP contribution in [0.3, 0.4) is 0 Å². The van der Waals surface area contributed by atoms with E-state index in [0.29, 0.717) is 6.16 Å². The molecule has 3 nitrogen and oxygen atoms in total. The van der Waals surface area contributed by atoms with Crippen molar-refractivity contribution in [3.05, 3.63) is 59.7 Å². The van der Waals surface area contributed by atoms with E-state index in [-0.39, 0.29) is 10.8 Å². The van der Waals surface area contributed by atoms with Gasteiger partial charge in [-0.15, -0.1) is 0 Å². The van der Waals surface area contributed by atoms with E-state index in [0.717, 1.165) is 35.5 Å². The van der Waals surface area contributed by atoms with Gasteiger partial charge in [0.25, 0.3) is 0 Å². The van der Waals surface area contributed by atoms with Gasteiger partial charge in [-0.2, -0.15) is 4.89 Å². The molecule has 0 atom stereocenters. The molecule has 0 radical (unpaired) electrons. The Morgan fingerprint density at radius 1 is 0.656 bits per heavy atom. The van der Waals surface area contributed by atoms with Crippen LogP contribution in [0.4, 0.5) is 0 Å². The van der Waals surface area contributed by atoms with Gasteiger partial charge in [0.15, 0.2) is 17.7 Å². The first-order valence-electron chi connectivity index (χ1n) is 12.2. The molecule has 0 aliphatic heterocycles. The van der Waals surface area contributed by atoms with Crippen molar-refractivity contribution in [1.82, 2.24) is 0 Å². The lowest BCUT2D eigenvalue weighted by atomic mass is 9.86. The Kier molecular flexibility index (Phi) is 9.61. The first kappa shape index (κ1) is 26.7. The minimum atomic E-state index is -3.16. The van der Waals surface area contributed by atoms with Crippen LogP contribution in [0.1, 0.15) is 98.1 Å². The summed E-state index contributed by atoms with van der Waals surface area (Å²) in [4.78, 5) is 11.8. The van der Waals surface area contributed by atoms with E-state index in [1.807, 2.05) is 36.4 Å². The number of unbranched alkanes of at least 4 members (excludes halogenated alkanes) is 5. The molecule has 0 bridgehead atoms. The van der Waals surface area contributed by atoms with Gasteiger partial charge in [0.2, 0.25) is 0 Å². The van der Waals surface area contributed by atoms with Crippen LogP contribution < -0.4 is 9.05 Å². The van der Waals surface area contributed by atoms with Crippen LogP contribution in [-0.4, -0.2) is 11.1 Å². The average Bonchev–Trinajstić information content (AvgIpc) is 2.70. The van der Waals surface area contributed by atoms with Crippen LogP contribution in [0.25, 0.3) is 0 Å². The number of rotatable bonds is 11. The summed E-state index contributed by atoms with van der Waals surface area (Å²) in [6.45, 7) is 15.2. The summed E-state index contributed by atoms with van der Waals surface area (Å²) in [7, 11) is -3.16. The highest BCUT2D eigenvalue weighted by atomic mass is 31.2. The van der Waals surface area contributed by atoms with Gasteiger partial charge in [0.1, 0.15) is 0 Å². The molecule has 0 aliphatic carbocycles. The second-order valence-electron chi connectivity index (χ2n) is 10.8. The molecule has 2 rings (SSSR count). The first-order valence-corrected chi connectivity index (χ1v) is 13.9. The molecule has 1 N–H and O–H groups in total. The quantitative estimate of drug-likeness (QED) is 0.269. The molecule has 32 heavy (non-hydrogen) atoms. The monoisotopic (exact) mass is 459 g/mol. The van der Waals surface area contributed by atoms with Gasteiger partial charge < -0.3 is 0 Å². The van der Waals surface area contributed by atoms with Crippen molar-refractivity contribution in [3.63, 3.8) is 0 Å². The minimum absolute atomic E-state index is 0.0924. The molecule has 4 heteroatoms. The third-order valence-electron chi connectivity index (χ3n) is 5.67. The van der Waals surface area contributed by atoms with Crippen LogP contribution in [-0.2, 0) is 10.8 Å². The zero-order valence-electron chi connectivity index (χ0n) is 21.3. The molecule has 0 aromatic heterocycles. The molecule has 0 fully saturated rings. The third-order valence-corrected chi connectivity index (χ3v) is 7.51. The van der Waals surface area contributed by atoms with Gasteiger partial charge in [0, 0.05) is 11.1 Å². The van der Waals surface area contributed by atoms with Crippen LogP contribution in [0.15, 0.2) is 48.5 Å². The fraction of sp³-hybridized carbons (Fsp3) is 0.571. The van der Waals surface area contributed by atoms with Crippen molar-refractivity contribution < 1.29 is 13.9 Å². The van der Waals surface area contributed by atoms with Crippen molar-refractivity contribution in [3.8, 4) is 11.5 Å². The molecular weight excluding hydrogens is 415 g/mol. The molecule has 0 amide bonds. The number of para-hydroxylation sites is 2. The molecule has 2 aromatic carbocycles. The highest BCUT2D eigenvalue weighted by molar-refractivity contribution is 7.61. The summed E-state index contributed by atoms with van der Waals surface area (Å²) in [6.07, 6.45) is 7.43. The van der Waals surface area contributed by atoms with Crippen molar-refractivity contribution in [2.75, 3.05) is 6.16 Å². The van der Waals surface area contributed by atoms with Gasteiger partial charge in [-0.25, -0.2) is 0 Å². The van der Waals surface area contributed by atoms with E-state index >= 15 is 0 Å². The van der Waals surface area contributed by atoms with E-state index in [1.165, 1.54) is 25.7 Å². The summed E-state index contributed by atoms with van der Waals surface area (Å²) in [5.74, 6) is 1.44. The van der Waals surface area contributed by atoms with Crippen molar-refractivity contribution in [2.45, 2.75) is 97.8 Å². The van der Waals surface area contributed by atoms with Crippen molar-refractivity contribution >= 4 is 7.94 Å². The number of hydrogen-bond acceptors (Lipinski definition) is 3. The van der Waals surface area contributed by atoms with Gasteiger partial charge in [-0.05, 0) is 35.8 Å². The summed E-state index contributed by atoms with van der Waals surface area (Å²) in [5.41, 5.74) is 1.97. The maximum atomic E-state index is 11.8. The fourth-order valence-corrected chi connectivity index (χ4v) is 5.62. The molecule has 0 saturated carbocycles. The Balaban J connectivity index is 2.31. The second kappa shape index (κ2) is 11.5. The topological polar surface area (TPSA) is 38.7 Å². The molecule has 0 unspecified atom stereocenters. The molecule has 178 valence electrons. The van der Waals surface area contributed by atoms with Crippen LogP contribution >= 0.6 is 7.94 Å². The lowest BCUT2D eigenvalue weighted by Crippen LogP contribution is -2.19. The minimum Gasteiger partial charge on any atom is -0.278 e. The highest BCUT2D eigenvalue weighted by Crippen LogP contribution is 2.58. The predicted octanol–water partition coefficient (Wildman–Crippen LogP) is 8.85. The van der Waals surface area contributed by atoms with E-state index < -0.39 is 7.94 Å². The summed E-state index contributed by atoms with van der Waals surface area (Å²) < 4.78 is 12.8. The Morgan fingerprint density at radius 2 is 1.06 bits per heavy atom. The molecule has 0 aliphatic rings. The SMILES string of the molecule is CCCCCCCC[P+](O)(Oc1ccccc1C(C)(C)C)Oc1ccccc1C(C)(C)C. The van der Waals surface area contributed by atoms with E-state index in [4.69, 9.17) is 9.05 Å². The molecule has 0 heterocycles. The largest absolute Gasteiger partial charge is 0.495 e. The van der Waals surface area contributed by atoms with Gasteiger partial charge in [-0.3, -0.25) is 9.05 Å². The number of hydrogen-bond donors (Lipinski definition) is 1. The molecule has 0 spiro atoms. The molecular formula is C28H44O3P+. The Morgan fingerprint density at radius 3 is 1.50 bits per heavy atom. The summed E-state index contributed by atoms with van der Waals surface area (Å²) in [6, 6.07) is 16.0. The second-order valence-corrected chi connectivity index (χ2v) is 12.9. The maximum absolute atomic E-state index is 11.8. The van der Waals surface area contributed by atoms with Gasteiger partial charge >= 0.3 is 7.94 Å². The number of benzene rings is 2. The van der Waals surface area contributed by atoms with Crippen LogP contribution in [0.2, 0.25) is 0 Å². The van der Waals surface area contributed by atoms with Gasteiger partial charge in [-0.1, -0.05) is 111 Å². The molecule has 2 aromatic rings. The first-order chi connectivity index (χ1) is 15.0. The standard InChI is InChI=1S/C28H44O3P/c1-8-9-10-11-12-17-22-32(29,30-25-20-15-13-18-23(25)27(2,3)4)31-26-21-16-14-19-24(26)28(5,6)7/h13-16,18-21,29H,8-12,17,22H2,1-7H3/q+1. The Labute approximate surface area is 197 Å². The Bertz CT molecular complexity index is 774. The van der Waals surface area contributed by atoms with Crippen LogP contribution in [0, 0.1) is 0 Å². The summed E-state index contributed by atoms with van der Waals surface area (Å²) >= 11 is 0. The average molecular weight is 460 g/mol. The van der Waals surface area contributed by atoms with E-state index in [2.05, 4.69) is 60.6 Å². The maximum Gasteiger partial charge on any atom is 0.495 e. The normalized spacial score (nSPS) is 12.6. The zero-order chi connectivity index (χ0) is 23.8. The highest BCUT2D eigenvalue weighted by Gasteiger charge is 2.45. The van der Waals surface area contributed by atoms with Crippen molar-refractivity contribution in [1.29, 1.82) is 0 Å². The third kappa shape index (κ3) is 8.09. The van der Waals surface area contributed by atoms with E-state index in [9.17, 15) is 4.89 Å². The summed E-state index contributed by atoms with van der Waals surface area (Å²) in [5, 5.41) is 0. The lowest BCUT2D eigenvalue weighted by molar-refractivity contribution is 0.336. The zero-order valence-corrected chi connectivity index (χ0v) is 22.2. The lowest BCUT2D eigenvalue weighted by Gasteiger charge is -2.26.